The average molecular weight is 377 g/mol. The second-order valence-corrected chi connectivity index (χ2v) is 6.34. The second-order valence-electron chi connectivity index (χ2n) is 3.97. The number of furan rings is 1. The highest BCUT2D eigenvalue weighted by atomic mass is 79.9. The minimum Gasteiger partial charge on any atom is -0.475 e. The van der Waals surface area contributed by atoms with Gasteiger partial charge in [0.2, 0.25) is 5.76 Å². The number of rotatable bonds is 4. The summed E-state index contributed by atoms with van der Waals surface area (Å²) in [5.41, 5.74) is 1.08. The Labute approximate surface area is 127 Å². The number of nitrogens with one attached hydrogen (secondary N) is 1. The van der Waals surface area contributed by atoms with Gasteiger partial charge in [-0.15, -0.1) is 5.10 Å². The molecule has 2 N–H and O–H groups in total. The quantitative estimate of drug-likeness (QED) is 0.815. The van der Waals surface area contributed by atoms with Crippen molar-refractivity contribution in [3.63, 3.8) is 0 Å². The number of aryl methyl sites for hydroxylation is 2. The molecule has 0 saturated carbocycles. The molecular weight excluding hydrogens is 368 g/mol. The van der Waals surface area contributed by atoms with Gasteiger partial charge < -0.3 is 9.52 Å². The summed E-state index contributed by atoms with van der Waals surface area (Å²) in [5, 5.41) is 16.1. The van der Waals surface area contributed by atoms with Gasteiger partial charge in [-0.05, 0) is 29.8 Å². The fraction of sp³-hybridized carbons (Fsp3) is 0.200. The van der Waals surface area contributed by atoms with Crippen molar-refractivity contribution in [1.82, 2.24) is 15.2 Å². The van der Waals surface area contributed by atoms with E-state index in [-0.39, 0.29) is 15.5 Å². The molecule has 0 unspecified atom stereocenters. The van der Waals surface area contributed by atoms with Gasteiger partial charge in [-0.2, -0.15) is 5.10 Å². The van der Waals surface area contributed by atoms with Crippen LogP contribution in [0.15, 0.2) is 20.0 Å². The molecule has 0 aliphatic rings. The summed E-state index contributed by atoms with van der Waals surface area (Å²) in [6, 6.07) is 0.878. The van der Waals surface area contributed by atoms with E-state index in [9.17, 15) is 13.2 Å². The first kappa shape index (κ1) is 15.4. The Hall–Kier alpha value is -2.01. The van der Waals surface area contributed by atoms with Crippen LogP contribution in [0.3, 0.4) is 0 Å². The number of aromatic nitrogens is 3. The molecule has 2 aromatic rings. The highest BCUT2D eigenvalue weighted by Crippen LogP contribution is 2.27. The summed E-state index contributed by atoms with van der Waals surface area (Å²) >= 11 is 2.86. The molecule has 0 aromatic carbocycles. The molecule has 0 aliphatic carbocycles. The van der Waals surface area contributed by atoms with E-state index in [4.69, 9.17) is 9.52 Å². The number of carboxylic acids is 1. The summed E-state index contributed by atoms with van der Waals surface area (Å²) in [7, 11) is -4.11. The first-order chi connectivity index (χ1) is 9.70. The lowest BCUT2D eigenvalue weighted by Crippen LogP contribution is -2.16. The van der Waals surface area contributed by atoms with Crippen LogP contribution >= 0.6 is 15.9 Å². The van der Waals surface area contributed by atoms with Crippen LogP contribution in [0, 0.1) is 13.8 Å². The van der Waals surface area contributed by atoms with E-state index < -0.39 is 21.8 Å². The van der Waals surface area contributed by atoms with Crippen molar-refractivity contribution in [2.75, 3.05) is 4.72 Å². The Bertz CT molecular complexity index is 817. The van der Waals surface area contributed by atoms with Crippen LogP contribution in [0.1, 0.15) is 21.9 Å². The van der Waals surface area contributed by atoms with Crippen LogP contribution in [0.5, 0.6) is 0 Å². The SMILES string of the molecule is Cc1nnc(NS(=O)(=O)c2cc(C(=O)O)oc2Br)nc1C. The van der Waals surface area contributed by atoms with E-state index in [2.05, 4.69) is 35.8 Å². The summed E-state index contributed by atoms with van der Waals surface area (Å²) in [6.07, 6.45) is 0. The van der Waals surface area contributed by atoms with Crippen LogP contribution in [0.25, 0.3) is 0 Å². The van der Waals surface area contributed by atoms with Crippen molar-refractivity contribution in [2.45, 2.75) is 18.7 Å². The predicted octanol–water partition coefficient (Wildman–Crippen LogP) is 1.34. The van der Waals surface area contributed by atoms with E-state index in [0.717, 1.165) is 6.07 Å². The molecule has 9 nitrogen and oxygen atoms in total. The Morgan fingerprint density at radius 3 is 2.52 bits per heavy atom. The third kappa shape index (κ3) is 3.19. The van der Waals surface area contributed by atoms with Crippen LogP contribution in [-0.2, 0) is 10.0 Å². The highest BCUT2D eigenvalue weighted by Gasteiger charge is 2.26. The molecule has 11 heteroatoms. The van der Waals surface area contributed by atoms with Gasteiger partial charge in [0, 0.05) is 6.07 Å². The maximum Gasteiger partial charge on any atom is 0.371 e. The Morgan fingerprint density at radius 2 is 2.00 bits per heavy atom. The third-order valence-corrected chi connectivity index (χ3v) is 4.66. The minimum atomic E-state index is -4.11. The molecule has 2 heterocycles. The Kier molecular flexibility index (Phi) is 3.96. The molecule has 0 spiro atoms. The second kappa shape index (κ2) is 5.41. The number of carbonyl (C=O) groups is 1. The van der Waals surface area contributed by atoms with Crippen molar-refractivity contribution < 1.29 is 22.7 Å². The zero-order valence-electron chi connectivity index (χ0n) is 10.8. The maximum atomic E-state index is 12.2. The van der Waals surface area contributed by atoms with Crippen molar-refractivity contribution in [1.29, 1.82) is 0 Å². The van der Waals surface area contributed by atoms with Gasteiger partial charge in [0.05, 0.1) is 11.4 Å². The van der Waals surface area contributed by atoms with Crippen molar-refractivity contribution in [2.24, 2.45) is 0 Å². The summed E-state index contributed by atoms with van der Waals surface area (Å²) < 4.78 is 31.0. The van der Waals surface area contributed by atoms with Crippen LogP contribution in [0.4, 0.5) is 5.95 Å². The molecule has 2 aromatic heterocycles. The zero-order valence-corrected chi connectivity index (χ0v) is 13.2. The molecule has 0 bridgehead atoms. The third-order valence-electron chi connectivity index (χ3n) is 2.47. The molecule has 112 valence electrons. The lowest BCUT2D eigenvalue weighted by molar-refractivity contribution is 0.0661. The molecule has 0 saturated heterocycles. The Balaban J connectivity index is 2.38. The largest absolute Gasteiger partial charge is 0.475 e. The first-order valence-corrected chi connectivity index (χ1v) is 7.71. The minimum absolute atomic E-state index is 0.219. The lowest BCUT2D eigenvalue weighted by atomic mass is 10.4. The fourth-order valence-corrected chi connectivity index (χ4v) is 3.20. The molecule has 2 rings (SSSR count). The number of sulfonamides is 1. The summed E-state index contributed by atoms with van der Waals surface area (Å²) in [5.74, 6) is -2.12. The Morgan fingerprint density at radius 1 is 1.33 bits per heavy atom. The topological polar surface area (TPSA) is 135 Å². The van der Waals surface area contributed by atoms with Gasteiger partial charge >= 0.3 is 5.97 Å². The van der Waals surface area contributed by atoms with Gasteiger partial charge in [0.1, 0.15) is 4.90 Å². The molecular formula is C10H9BrN4O5S. The number of aromatic carboxylic acids is 1. The van der Waals surface area contributed by atoms with Crippen LogP contribution in [-0.4, -0.2) is 34.7 Å². The van der Waals surface area contributed by atoms with E-state index >= 15 is 0 Å². The summed E-state index contributed by atoms with van der Waals surface area (Å²) in [4.78, 5) is 14.3. The van der Waals surface area contributed by atoms with Crippen molar-refractivity contribution in [3.05, 3.63) is 27.9 Å². The van der Waals surface area contributed by atoms with Crippen molar-refractivity contribution >= 4 is 37.9 Å². The standard InChI is InChI=1S/C10H9BrN4O5S/c1-4-5(2)13-14-10(12-4)15-21(18,19)7-3-6(9(16)17)20-8(7)11/h3H,1-2H3,(H,16,17)(H,12,14,15). The van der Waals surface area contributed by atoms with E-state index in [1.807, 2.05) is 0 Å². The lowest BCUT2D eigenvalue weighted by Gasteiger charge is -2.05. The van der Waals surface area contributed by atoms with Gasteiger partial charge in [0.15, 0.2) is 4.67 Å². The molecule has 0 radical (unpaired) electrons. The van der Waals surface area contributed by atoms with Gasteiger partial charge in [-0.25, -0.2) is 22.9 Å². The highest BCUT2D eigenvalue weighted by molar-refractivity contribution is 9.10. The molecule has 0 fully saturated rings. The first-order valence-electron chi connectivity index (χ1n) is 5.44. The smallest absolute Gasteiger partial charge is 0.371 e. The number of nitrogens with zero attached hydrogens (tertiary/aromatic N) is 3. The normalized spacial score (nSPS) is 11.4. The number of hydrogen-bond acceptors (Lipinski definition) is 7. The number of anilines is 1. The maximum absolute atomic E-state index is 12.2. The number of halogens is 1. The summed E-state index contributed by atoms with van der Waals surface area (Å²) in [6.45, 7) is 3.33. The fourth-order valence-electron chi connectivity index (χ4n) is 1.32. The van der Waals surface area contributed by atoms with Crippen LogP contribution < -0.4 is 4.72 Å². The number of carboxylic acid groups (broad SMARTS) is 1. The molecule has 0 aliphatic heterocycles. The predicted molar refractivity (Wildman–Crippen MR) is 73.5 cm³/mol. The van der Waals surface area contributed by atoms with E-state index in [0.29, 0.717) is 11.4 Å². The van der Waals surface area contributed by atoms with Gasteiger partial charge in [-0.3, -0.25) is 0 Å². The van der Waals surface area contributed by atoms with Crippen LogP contribution in [0.2, 0.25) is 0 Å². The molecule has 21 heavy (non-hydrogen) atoms. The monoisotopic (exact) mass is 376 g/mol. The van der Waals surface area contributed by atoms with Gasteiger partial charge in [0.25, 0.3) is 16.0 Å². The van der Waals surface area contributed by atoms with E-state index in [1.165, 1.54) is 0 Å². The molecule has 0 atom stereocenters. The zero-order chi connectivity index (χ0) is 15.8. The number of hydrogen-bond donors (Lipinski definition) is 2. The van der Waals surface area contributed by atoms with Gasteiger partial charge in [-0.1, -0.05) is 0 Å². The van der Waals surface area contributed by atoms with Crippen molar-refractivity contribution in [3.8, 4) is 0 Å². The molecule has 0 amide bonds. The average Bonchev–Trinajstić information content (AvgIpc) is 2.77. The van der Waals surface area contributed by atoms with E-state index in [1.54, 1.807) is 13.8 Å².